The highest BCUT2D eigenvalue weighted by Crippen LogP contribution is 2.63. The summed E-state index contributed by atoms with van der Waals surface area (Å²) in [6.45, 7) is 2.67. The lowest BCUT2D eigenvalue weighted by molar-refractivity contribution is 0.00595. The van der Waals surface area contributed by atoms with E-state index in [0.717, 1.165) is 29.1 Å². The molecule has 1 saturated heterocycles. The van der Waals surface area contributed by atoms with Crippen LogP contribution in [0.15, 0.2) is 0 Å². The summed E-state index contributed by atoms with van der Waals surface area (Å²) >= 11 is 0. The van der Waals surface area contributed by atoms with Crippen LogP contribution in [0, 0.1) is 29.1 Å². The maximum atomic E-state index is 3.72. The molecule has 17 heavy (non-hydrogen) atoms. The molecule has 3 saturated carbocycles. The van der Waals surface area contributed by atoms with Crippen LogP contribution in [0.3, 0.4) is 0 Å². The number of hydrogen-bond acceptors (Lipinski definition) is 1. The summed E-state index contributed by atoms with van der Waals surface area (Å²) in [6, 6.07) is 0. The highest BCUT2D eigenvalue weighted by molar-refractivity contribution is 5.07. The van der Waals surface area contributed by atoms with Gasteiger partial charge in [-0.15, -0.1) is 0 Å². The first-order chi connectivity index (χ1) is 8.38. The molecule has 0 aromatic heterocycles. The minimum atomic E-state index is 0.809. The van der Waals surface area contributed by atoms with E-state index in [1.54, 1.807) is 38.5 Å². The van der Waals surface area contributed by atoms with Crippen LogP contribution >= 0.6 is 0 Å². The van der Waals surface area contributed by atoms with Crippen molar-refractivity contribution in [1.82, 2.24) is 5.32 Å². The minimum absolute atomic E-state index is 0.809. The molecule has 1 aliphatic heterocycles. The first kappa shape index (κ1) is 10.8. The zero-order valence-electron chi connectivity index (χ0n) is 11.1. The summed E-state index contributed by atoms with van der Waals surface area (Å²) < 4.78 is 0. The number of nitrogens with one attached hydrogen (secondary N) is 1. The average molecular weight is 233 g/mol. The van der Waals surface area contributed by atoms with Gasteiger partial charge in [-0.25, -0.2) is 0 Å². The Bertz CT molecular complexity index is 294. The lowest BCUT2D eigenvalue weighted by Gasteiger charge is -2.50. The Morgan fingerprint density at radius 2 is 1.88 bits per heavy atom. The molecule has 4 aliphatic rings. The molecule has 1 heterocycles. The SMILES string of the molecule is C1CCC(C2CNCCC23CC2CCC3C2)C1. The summed E-state index contributed by atoms with van der Waals surface area (Å²) in [5, 5.41) is 3.72. The third-order valence-electron chi connectivity index (χ3n) is 6.86. The minimum Gasteiger partial charge on any atom is -0.316 e. The third-order valence-corrected chi connectivity index (χ3v) is 6.86. The smallest absolute Gasteiger partial charge is 0.00124 e. The number of rotatable bonds is 1. The molecular weight excluding hydrogens is 206 g/mol. The van der Waals surface area contributed by atoms with Crippen LogP contribution in [-0.4, -0.2) is 13.1 Å². The lowest BCUT2D eigenvalue weighted by Crippen LogP contribution is -2.50. The van der Waals surface area contributed by atoms with Gasteiger partial charge in [0, 0.05) is 0 Å². The number of hydrogen-bond donors (Lipinski definition) is 1. The van der Waals surface area contributed by atoms with E-state index in [4.69, 9.17) is 0 Å². The van der Waals surface area contributed by atoms with Crippen LogP contribution in [0.25, 0.3) is 0 Å². The normalized spacial score (nSPS) is 50.5. The second-order valence-corrected chi connectivity index (χ2v) is 7.42. The fourth-order valence-electron chi connectivity index (χ4n) is 6.21. The maximum Gasteiger partial charge on any atom is -0.00124 e. The molecule has 4 atom stereocenters. The number of fused-ring (bicyclic) bond motifs is 3. The summed E-state index contributed by atoms with van der Waals surface area (Å²) in [5.74, 6) is 4.39. The van der Waals surface area contributed by atoms with Crippen LogP contribution < -0.4 is 5.32 Å². The van der Waals surface area contributed by atoms with Crippen LogP contribution in [0.5, 0.6) is 0 Å². The number of piperidine rings is 1. The fraction of sp³-hybridized carbons (Fsp3) is 1.00. The van der Waals surface area contributed by atoms with Crippen molar-refractivity contribution in [2.24, 2.45) is 29.1 Å². The van der Waals surface area contributed by atoms with Gasteiger partial charge in [0.25, 0.3) is 0 Å². The average Bonchev–Trinajstić information content (AvgIpc) is 3.05. The Labute approximate surface area is 106 Å². The quantitative estimate of drug-likeness (QED) is 0.730. The Morgan fingerprint density at radius 1 is 1.00 bits per heavy atom. The molecule has 1 N–H and O–H groups in total. The second-order valence-electron chi connectivity index (χ2n) is 7.42. The van der Waals surface area contributed by atoms with Gasteiger partial charge in [-0.3, -0.25) is 0 Å². The Hall–Kier alpha value is -0.0400. The topological polar surface area (TPSA) is 12.0 Å². The molecule has 0 radical (unpaired) electrons. The summed E-state index contributed by atoms with van der Waals surface area (Å²) in [5.41, 5.74) is 0.809. The van der Waals surface area contributed by atoms with E-state index >= 15 is 0 Å². The molecule has 0 aromatic carbocycles. The Balaban J connectivity index is 1.62. The summed E-state index contributed by atoms with van der Waals surface area (Å²) in [4.78, 5) is 0. The summed E-state index contributed by atoms with van der Waals surface area (Å²) in [6.07, 6.45) is 14.0. The van der Waals surface area contributed by atoms with E-state index in [1.807, 2.05) is 0 Å². The van der Waals surface area contributed by atoms with Crippen LogP contribution in [0.1, 0.15) is 57.8 Å². The van der Waals surface area contributed by atoms with Crippen molar-refractivity contribution < 1.29 is 0 Å². The van der Waals surface area contributed by atoms with Gasteiger partial charge in [0.2, 0.25) is 0 Å². The highest BCUT2D eigenvalue weighted by atomic mass is 14.9. The predicted molar refractivity (Wildman–Crippen MR) is 70.8 cm³/mol. The summed E-state index contributed by atoms with van der Waals surface area (Å²) in [7, 11) is 0. The third kappa shape index (κ3) is 1.54. The Kier molecular flexibility index (Phi) is 2.54. The zero-order valence-corrected chi connectivity index (χ0v) is 11.1. The largest absolute Gasteiger partial charge is 0.316 e. The van der Waals surface area contributed by atoms with Gasteiger partial charge < -0.3 is 5.32 Å². The van der Waals surface area contributed by atoms with Gasteiger partial charge in [0.1, 0.15) is 0 Å². The van der Waals surface area contributed by atoms with Crippen molar-refractivity contribution in [2.75, 3.05) is 13.1 Å². The van der Waals surface area contributed by atoms with Crippen molar-refractivity contribution >= 4 is 0 Å². The van der Waals surface area contributed by atoms with Gasteiger partial charge >= 0.3 is 0 Å². The first-order valence-electron chi connectivity index (χ1n) is 8.09. The molecule has 2 bridgehead atoms. The standard InChI is InChI=1S/C16H27N/c1-2-4-13(3-1)15-11-17-8-7-16(15)10-12-5-6-14(16)9-12/h12-15,17H,1-11H2. The van der Waals surface area contributed by atoms with Gasteiger partial charge in [-0.2, -0.15) is 0 Å². The maximum absolute atomic E-state index is 3.72. The van der Waals surface area contributed by atoms with Crippen molar-refractivity contribution in [1.29, 1.82) is 0 Å². The first-order valence-corrected chi connectivity index (χ1v) is 8.09. The Morgan fingerprint density at radius 3 is 2.59 bits per heavy atom. The van der Waals surface area contributed by atoms with Gasteiger partial charge in [-0.05, 0) is 67.9 Å². The van der Waals surface area contributed by atoms with Crippen molar-refractivity contribution in [3.8, 4) is 0 Å². The molecule has 3 aliphatic carbocycles. The van der Waals surface area contributed by atoms with Crippen LogP contribution in [-0.2, 0) is 0 Å². The van der Waals surface area contributed by atoms with Crippen molar-refractivity contribution in [3.05, 3.63) is 0 Å². The lowest BCUT2D eigenvalue weighted by atomic mass is 9.58. The van der Waals surface area contributed by atoms with E-state index in [2.05, 4.69) is 5.32 Å². The predicted octanol–water partition coefficient (Wildman–Crippen LogP) is 3.59. The van der Waals surface area contributed by atoms with Crippen LogP contribution in [0.2, 0.25) is 0 Å². The van der Waals surface area contributed by atoms with E-state index in [1.165, 1.54) is 32.4 Å². The van der Waals surface area contributed by atoms with Crippen molar-refractivity contribution in [3.63, 3.8) is 0 Å². The van der Waals surface area contributed by atoms with E-state index in [0.29, 0.717) is 0 Å². The van der Waals surface area contributed by atoms with Gasteiger partial charge in [0.05, 0.1) is 0 Å². The molecule has 1 spiro atoms. The molecule has 1 heteroatoms. The highest BCUT2D eigenvalue weighted by Gasteiger charge is 2.56. The monoisotopic (exact) mass is 233 g/mol. The molecule has 4 unspecified atom stereocenters. The van der Waals surface area contributed by atoms with Gasteiger partial charge in [-0.1, -0.05) is 32.1 Å². The molecule has 0 aromatic rings. The molecule has 1 nitrogen and oxygen atoms in total. The van der Waals surface area contributed by atoms with Gasteiger partial charge in [0.15, 0.2) is 0 Å². The van der Waals surface area contributed by atoms with Crippen molar-refractivity contribution in [2.45, 2.75) is 57.8 Å². The molecule has 4 fully saturated rings. The fourth-order valence-corrected chi connectivity index (χ4v) is 6.21. The van der Waals surface area contributed by atoms with E-state index in [-0.39, 0.29) is 0 Å². The molecular formula is C16H27N. The molecule has 96 valence electrons. The van der Waals surface area contributed by atoms with E-state index < -0.39 is 0 Å². The molecule has 4 rings (SSSR count). The second kappa shape index (κ2) is 3.98. The van der Waals surface area contributed by atoms with E-state index in [9.17, 15) is 0 Å². The van der Waals surface area contributed by atoms with Crippen LogP contribution in [0.4, 0.5) is 0 Å². The molecule has 0 amide bonds. The zero-order chi connectivity index (χ0) is 11.3.